The molecule has 1 aliphatic heterocycles. The van der Waals surface area contributed by atoms with Crippen molar-refractivity contribution in [2.75, 3.05) is 18.0 Å². The first-order chi connectivity index (χ1) is 11.9. The van der Waals surface area contributed by atoms with Crippen LogP contribution in [0.15, 0.2) is 42.5 Å². The van der Waals surface area contributed by atoms with E-state index in [1.807, 2.05) is 64.1 Å². The predicted molar refractivity (Wildman–Crippen MR) is 99.9 cm³/mol. The number of carbonyl (C=O) groups excluding carboxylic acids is 2. The lowest BCUT2D eigenvalue weighted by Crippen LogP contribution is -2.58. The molecule has 25 heavy (non-hydrogen) atoms. The average molecular weight is 336 g/mol. The second kappa shape index (κ2) is 6.71. The van der Waals surface area contributed by atoms with Crippen LogP contribution in [-0.4, -0.2) is 35.8 Å². The molecule has 2 aromatic rings. The minimum atomic E-state index is -0.470. The largest absolute Gasteiger partial charge is 0.325 e. The highest BCUT2D eigenvalue weighted by Crippen LogP contribution is 2.25. The monoisotopic (exact) mass is 336 g/mol. The summed E-state index contributed by atoms with van der Waals surface area (Å²) in [6.07, 6.45) is 0. The van der Waals surface area contributed by atoms with E-state index < -0.39 is 6.04 Å². The summed E-state index contributed by atoms with van der Waals surface area (Å²) in [6, 6.07) is 13.1. The SMILES string of the molecule is Cc1cccc(C(=O)N2CCN(c3ccc(C)cc3C)C(=O)C2C)c1. The summed E-state index contributed by atoms with van der Waals surface area (Å²) < 4.78 is 0. The van der Waals surface area contributed by atoms with Crippen molar-refractivity contribution in [3.05, 3.63) is 64.7 Å². The van der Waals surface area contributed by atoms with Crippen molar-refractivity contribution in [1.29, 1.82) is 0 Å². The molecule has 0 aromatic heterocycles. The number of hydrogen-bond acceptors (Lipinski definition) is 2. The van der Waals surface area contributed by atoms with Crippen molar-refractivity contribution in [2.45, 2.75) is 33.7 Å². The summed E-state index contributed by atoms with van der Waals surface area (Å²) in [5, 5.41) is 0. The smallest absolute Gasteiger partial charge is 0.254 e. The predicted octanol–water partition coefficient (Wildman–Crippen LogP) is 3.49. The number of carbonyl (C=O) groups is 2. The highest BCUT2D eigenvalue weighted by molar-refractivity contribution is 6.03. The molecule has 3 rings (SSSR count). The van der Waals surface area contributed by atoms with Crippen LogP contribution < -0.4 is 4.90 Å². The third-order valence-corrected chi connectivity index (χ3v) is 4.82. The van der Waals surface area contributed by atoms with Crippen molar-refractivity contribution in [1.82, 2.24) is 4.90 Å². The maximum absolute atomic E-state index is 12.9. The summed E-state index contributed by atoms with van der Waals surface area (Å²) in [4.78, 5) is 29.2. The third kappa shape index (κ3) is 3.29. The number of aryl methyl sites for hydroxylation is 3. The van der Waals surface area contributed by atoms with Gasteiger partial charge in [0.15, 0.2) is 0 Å². The molecular weight excluding hydrogens is 312 g/mol. The van der Waals surface area contributed by atoms with Gasteiger partial charge in [0.05, 0.1) is 0 Å². The number of amides is 2. The average Bonchev–Trinajstić information content (AvgIpc) is 2.57. The first-order valence-electron chi connectivity index (χ1n) is 8.65. The van der Waals surface area contributed by atoms with Crippen LogP contribution in [0.2, 0.25) is 0 Å². The van der Waals surface area contributed by atoms with Crippen LogP contribution in [0.3, 0.4) is 0 Å². The fourth-order valence-corrected chi connectivity index (χ4v) is 3.44. The second-order valence-corrected chi connectivity index (χ2v) is 6.82. The molecule has 4 nitrogen and oxygen atoms in total. The van der Waals surface area contributed by atoms with Crippen molar-refractivity contribution < 1.29 is 9.59 Å². The summed E-state index contributed by atoms with van der Waals surface area (Å²) in [5.41, 5.74) is 4.87. The highest BCUT2D eigenvalue weighted by atomic mass is 16.2. The molecule has 0 aliphatic carbocycles. The topological polar surface area (TPSA) is 40.6 Å². The Morgan fingerprint density at radius 2 is 1.72 bits per heavy atom. The zero-order valence-electron chi connectivity index (χ0n) is 15.2. The molecule has 1 atom stereocenters. The molecule has 0 saturated carbocycles. The van der Waals surface area contributed by atoms with Crippen LogP contribution in [0, 0.1) is 20.8 Å². The first kappa shape index (κ1) is 17.2. The lowest BCUT2D eigenvalue weighted by atomic mass is 10.0. The maximum atomic E-state index is 12.9. The van der Waals surface area contributed by atoms with E-state index in [-0.39, 0.29) is 11.8 Å². The van der Waals surface area contributed by atoms with Gasteiger partial charge in [-0.2, -0.15) is 0 Å². The van der Waals surface area contributed by atoms with Crippen LogP contribution in [-0.2, 0) is 4.79 Å². The Balaban J connectivity index is 1.83. The van der Waals surface area contributed by atoms with Gasteiger partial charge in [0, 0.05) is 24.3 Å². The minimum Gasteiger partial charge on any atom is -0.325 e. The van der Waals surface area contributed by atoms with Gasteiger partial charge in [0.2, 0.25) is 5.91 Å². The molecule has 2 aromatic carbocycles. The van der Waals surface area contributed by atoms with Gasteiger partial charge >= 0.3 is 0 Å². The molecule has 0 bridgehead atoms. The van der Waals surface area contributed by atoms with E-state index in [1.54, 1.807) is 9.80 Å². The lowest BCUT2D eigenvalue weighted by molar-refractivity contribution is -0.124. The van der Waals surface area contributed by atoms with E-state index in [2.05, 4.69) is 6.07 Å². The molecule has 1 heterocycles. The molecule has 4 heteroatoms. The fourth-order valence-electron chi connectivity index (χ4n) is 3.44. The maximum Gasteiger partial charge on any atom is 0.254 e. The third-order valence-electron chi connectivity index (χ3n) is 4.82. The number of piperazine rings is 1. The van der Waals surface area contributed by atoms with E-state index in [0.29, 0.717) is 18.7 Å². The van der Waals surface area contributed by atoms with Crippen molar-refractivity contribution in [3.8, 4) is 0 Å². The standard InChI is InChI=1S/C21H24N2O2/c1-14-6-5-7-18(13-14)21(25)22-10-11-23(20(24)17(22)4)19-9-8-15(2)12-16(19)3/h5-9,12-13,17H,10-11H2,1-4H3. The van der Waals surface area contributed by atoms with Crippen molar-refractivity contribution in [2.24, 2.45) is 0 Å². The summed E-state index contributed by atoms with van der Waals surface area (Å²) in [5.74, 6) is -0.107. The molecule has 1 saturated heterocycles. The Morgan fingerprint density at radius 1 is 1.00 bits per heavy atom. The van der Waals surface area contributed by atoms with E-state index >= 15 is 0 Å². The van der Waals surface area contributed by atoms with E-state index in [9.17, 15) is 9.59 Å². The second-order valence-electron chi connectivity index (χ2n) is 6.82. The van der Waals surface area contributed by atoms with Gasteiger partial charge in [0.1, 0.15) is 6.04 Å². The molecule has 1 fully saturated rings. The number of nitrogens with zero attached hydrogens (tertiary/aromatic N) is 2. The molecule has 0 radical (unpaired) electrons. The Morgan fingerprint density at radius 3 is 2.40 bits per heavy atom. The normalized spacial score (nSPS) is 17.8. The number of benzene rings is 2. The van der Waals surface area contributed by atoms with Crippen LogP contribution in [0.1, 0.15) is 34.0 Å². The first-order valence-corrected chi connectivity index (χ1v) is 8.65. The fraction of sp³-hybridized carbons (Fsp3) is 0.333. The van der Waals surface area contributed by atoms with Crippen molar-refractivity contribution in [3.63, 3.8) is 0 Å². The molecule has 0 spiro atoms. The number of hydrogen-bond donors (Lipinski definition) is 0. The van der Waals surface area contributed by atoms with Gasteiger partial charge in [-0.05, 0) is 51.5 Å². The van der Waals surface area contributed by atoms with E-state index in [0.717, 1.165) is 16.8 Å². The zero-order valence-corrected chi connectivity index (χ0v) is 15.2. The zero-order chi connectivity index (χ0) is 18.1. The minimum absolute atomic E-state index is 0.0285. The summed E-state index contributed by atoms with van der Waals surface area (Å²) in [7, 11) is 0. The number of anilines is 1. The van der Waals surface area contributed by atoms with Crippen LogP contribution in [0.25, 0.3) is 0 Å². The van der Waals surface area contributed by atoms with Gasteiger partial charge < -0.3 is 9.80 Å². The summed E-state index contributed by atoms with van der Waals surface area (Å²) >= 11 is 0. The van der Waals surface area contributed by atoms with Gasteiger partial charge in [-0.3, -0.25) is 9.59 Å². The van der Waals surface area contributed by atoms with Gasteiger partial charge in [-0.25, -0.2) is 0 Å². The summed E-state index contributed by atoms with van der Waals surface area (Å²) in [6.45, 7) is 8.89. The number of rotatable bonds is 2. The van der Waals surface area contributed by atoms with Crippen molar-refractivity contribution >= 4 is 17.5 Å². The highest BCUT2D eigenvalue weighted by Gasteiger charge is 2.35. The molecule has 0 N–H and O–H groups in total. The molecule has 130 valence electrons. The molecule has 2 amide bonds. The van der Waals surface area contributed by atoms with Crippen LogP contribution in [0.4, 0.5) is 5.69 Å². The Kier molecular flexibility index (Phi) is 4.62. The van der Waals surface area contributed by atoms with Gasteiger partial charge in [0.25, 0.3) is 5.91 Å². The van der Waals surface area contributed by atoms with Gasteiger partial charge in [-0.1, -0.05) is 35.4 Å². The van der Waals surface area contributed by atoms with E-state index in [1.165, 1.54) is 5.56 Å². The van der Waals surface area contributed by atoms with Crippen LogP contribution >= 0.6 is 0 Å². The Hall–Kier alpha value is -2.62. The molecule has 1 unspecified atom stereocenters. The Bertz CT molecular complexity index is 828. The Labute approximate surface area is 149 Å². The van der Waals surface area contributed by atoms with E-state index in [4.69, 9.17) is 0 Å². The van der Waals surface area contributed by atoms with Gasteiger partial charge in [-0.15, -0.1) is 0 Å². The molecule has 1 aliphatic rings. The quantitative estimate of drug-likeness (QED) is 0.842. The molecular formula is C21H24N2O2. The van der Waals surface area contributed by atoms with Crippen LogP contribution in [0.5, 0.6) is 0 Å². The lowest BCUT2D eigenvalue weighted by Gasteiger charge is -2.39.